The van der Waals surface area contributed by atoms with E-state index in [0.717, 1.165) is 12.1 Å². The maximum Gasteiger partial charge on any atom is 0.416 e. The number of rotatable bonds is 1. The van der Waals surface area contributed by atoms with Gasteiger partial charge in [-0.3, -0.25) is 4.79 Å². The first-order chi connectivity index (χ1) is 10.4. The summed E-state index contributed by atoms with van der Waals surface area (Å²) in [6.07, 6.45) is -2.93. The first-order valence-electron chi connectivity index (χ1n) is 6.39. The van der Waals surface area contributed by atoms with E-state index in [-0.39, 0.29) is 5.69 Å². The summed E-state index contributed by atoms with van der Waals surface area (Å²) in [7, 11) is 0. The predicted octanol–water partition coefficient (Wildman–Crippen LogP) is 3.68. The quantitative estimate of drug-likeness (QED) is 0.688. The molecule has 0 aliphatic heterocycles. The molecule has 110 valence electrons. The molecule has 3 nitrogen and oxygen atoms in total. The number of halogens is 3. The molecule has 3 aromatic rings. The van der Waals surface area contributed by atoms with E-state index in [1.807, 2.05) is 0 Å². The Bertz CT molecular complexity index is 890. The van der Waals surface area contributed by atoms with Crippen LogP contribution in [-0.2, 0) is 6.18 Å². The van der Waals surface area contributed by atoms with E-state index in [9.17, 15) is 18.0 Å². The highest BCUT2D eigenvalue weighted by Crippen LogP contribution is 2.30. The van der Waals surface area contributed by atoms with Crippen molar-refractivity contribution in [3.63, 3.8) is 0 Å². The van der Waals surface area contributed by atoms with Gasteiger partial charge in [0.05, 0.1) is 11.1 Å². The average Bonchev–Trinajstić information content (AvgIpc) is 2.65. The van der Waals surface area contributed by atoms with Crippen LogP contribution >= 0.6 is 0 Å². The maximum atomic E-state index is 12.6. The van der Waals surface area contributed by atoms with Gasteiger partial charge in [0.25, 0.3) is 5.56 Å². The van der Waals surface area contributed by atoms with E-state index < -0.39 is 17.3 Å². The molecule has 1 heterocycles. The summed E-state index contributed by atoms with van der Waals surface area (Å²) in [6.45, 7) is 0. The third kappa shape index (κ3) is 2.67. The third-order valence-corrected chi connectivity index (χ3v) is 3.18. The lowest BCUT2D eigenvalue weighted by Crippen LogP contribution is -2.08. The summed E-state index contributed by atoms with van der Waals surface area (Å²) < 4.78 is 37.7. The van der Waals surface area contributed by atoms with Gasteiger partial charge in [0, 0.05) is 17.1 Å². The number of hydrogen-bond donors (Lipinski definition) is 0. The van der Waals surface area contributed by atoms with E-state index in [1.165, 1.54) is 18.3 Å². The number of alkyl halides is 3. The lowest BCUT2D eigenvalue weighted by Gasteiger charge is -2.06. The molecule has 3 rings (SSSR count). The fraction of sp³-hybridized carbons (Fsp3) is 0.0625. The topological polar surface area (TPSA) is 42.9 Å². The Morgan fingerprint density at radius 3 is 2.27 bits per heavy atom. The van der Waals surface area contributed by atoms with E-state index >= 15 is 0 Å². The van der Waals surface area contributed by atoms with Gasteiger partial charge < -0.3 is 0 Å². The van der Waals surface area contributed by atoms with Crippen molar-refractivity contribution in [2.75, 3.05) is 0 Å². The molecule has 0 amide bonds. The molecule has 0 radical (unpaired) electrons. The molecule has 0 unspecified atom stereocenters. The highest BCUT2D eigenvalue weighted by Gasteiger charge is 2.30. The molecule has 0 saturated carbocycles. The SMILES string of the molecule is O=c1nc2ccccc2cnc1-c1ccc(C(F)(F)F)cc1. The van der Waals surface area contributed by atoms with Crippen LogP contribution in [0.1, 0.15) is 5.56 Å². The van der Waals surface area contributed by atoms with Crippen LogP contribution in [0.2, 0.25) is 0 Å². The zero-order chi connectivity index (χ0) is 15.7. The average molecular weight is 302 g/mol. The molecule has 0 N–H and O–H groups in total. The molecular weight excluding hydrogens is 293 g/mol. The lowest BCUT2D eigenvalue weighted by molar-refractivity contribution is -0.137. The van der Waals surface area contributed by atoms with Crippen LogP contribution < -0.4 is 5.56 Å². The van der Waals surface area contributed by atoms with Crippen LogP contribution in [0.25, 0.3) is 22.2 Å². The van der Waals surface area contributed by atoms with E-state index in [1.54, 1.807) is 24.3 Å². The first-order valence-corrected chi connectivity index (χ1v) is 6.39. The molecule has 0 saturated heterocycles. The molecule has 0 spiro atoms. The summed E-state index contributed by atoms with van der Waals surface area (Å²) in [5, 5.41) is 0.678. The van der Waals surface area contributed by atoms with E-state index in [0.29, 0.717) is 16.5 Å². The van der Waals surface area contributed by atoms with Crippen molar-refractivity contribution in [2.45, 2.75) is 6.18 Å². The normalized spacial score (nSPS) is 11.6. The number of benzene rings is 2. The summed E-state index contributed by atoms with van der Waals surface area (Å²) in [5.41, 5.74) is -0.558. The highest BCUT2D eigenvalue weighted by atomic mass is 19.4. The Balaban J connectivity index is 2.14. The summed E-state index contributed by atoms with van der Waals surface area (Å²) in [4.78, 5) is 20.1. The molecule has 0 bridgehead atoms. The van der Waals surface area contributed by atoms with Gasteiger partial charge in [-0.1, -0.05) is 30.3 Å². The molecule has 2 aromatic carbocycles. The van der Waals surface area contributed by atoms with E-state index in [2.05, 4.69) is 9.97 Å². The molecular formula is C16H9F3N2O. The fourth-order valence-electron chi connectivity index (χ4n) is 2.07. The molecule has 22 heavy (non-hydrogen) atoms. The Morgan fingerprint density at radius 2 is 1.59 bits per heavy atom. The Hall–Kier alpha value is -2.76. The lowest BCUT2D eigenvalue weighted by atomic mass is 10.1. The summed E-state index contributed by atoms with van der Waals surface area (Å²) in [5.74, 6) is 0. The second-order valence-electron chi connectivity index (χ2n) is 4.66. The number of fused-ring (bicyclic) bond motifs is 1. The summed E-state index contributed by atoms with van der Waals surface area (Å²) in [6, 6.07) is 11.2. The number of aromatic nitrogens is 2. The number of para-hydroxylation sites is 1. The standard InChI is InChI=1S/C16H9F3N2O/c17-16(18,19)12-7-5-10(6-8-12)14-15(22)21-13-4-2-1-3-11(13)9-20-14/h1-9H. The smallest absolute Gasteiger partial charge is 0.265 e. The fourth-order valence-corrected chi connectivity index (χ4v) is 2.07. The zero-order valence-corrected chi connectivity index (χ0v) is 11.1. The van der Waals surface area contributed by atoms with Crippen molar-refractivity contribution in [1.29, 1.82) is 0 Å². The van der Waals surface area contributed by atoms with Gasteiger partial charge in [0.1, 0.15) is 5.69 Å². The first kappa shape index (κ1) is 14.2. The molecule has 0 aliphatic carbocycles. The third-order valence-electron chi connectivity index (χ3n) is 3.18. The van der Waals surface area contributed by atoms with Crippen molar-refractivity contribution in [1.82, 2.24) is 9.97 Å². The number of hydrogen-bond acceptors (Lipinski definition) is 3. The summed E-state index contributed by atoms with van der Waals surface area (Å²) >= 11 is 0. The minimum atomic E-state index is -4.42. The van der Waals surface area contributed by atoms with Gasteiger partial charge >= 0.3 is 6.18 Å². The zero-order valence-electron chi connectivity index (χ0n) is 11.1. The molecule has 1 aromatic heterocycles. The van der Waals surface area contributed by atoms with Crippen LogP contribution in [0.4, 0.5) is 13.2 Å². The predicted molar refractivity (Wildman–Crippen MR) is 76.2 cm³/mol. The largest absolute Gasteiger partial charge is 0.416 e. The van der Waals surface area contributed by atoms with Gasteiger partial charge in [-0.05, 0) is 18.2 Å². The van der Waals surface area contributed by atoms with Crippen molar-refractivity contribution in [3.8, 4) is 11.3 Å². The second-order valence-corrected chi connectivity index (χ2v) is 4.66. The van der Waals surface area contributed by atoms with Gasteiger partial charge in [-0.2, -0.15) is 13.2 Å². The van der Waals surface area contributed by atoms with E-state index in [4.69, 9.17) is 0 Å². The Labute approximate surface area is 123 Å². The van der Waals surface area contributed by atoms with Gasteiger partial charge in [0.2, 0.25) is 0 Å². The monoisotopic (exact) mass is 302 g/mol. The van der Waals surface area contributed by atoms with Gasteiger partial charge in [0.15, 0.2) is 0 Å². The van der Waals surface area contributed by atoms with Crippen molar-refractivity contribution in [2.24, 2.45) is 0 Å². The van der Waals surface area contributed by atoms with Crippen LogP contribution in [0.3, 0.4) is 0 Å². The molecule has 0 atom stereocenters. The number of nitrogens with zero attached hydrogens (tertiary/aromatic N) is 2. The van der Waals surface area contributed by atoms with Crippen molar-refractivity contribution in [3.05, 3.63) is 70.6 Å². The maximum absolute atomic E-state index is 12.6. The van der Waals surface area contributed by atoms with Gasteiger partial charge in [-0.25, -0.2) is 9.97 Å². The van der Waals surface area contributed by atoms with Crippen molar-refractivity contribution < 1.29 is 13.2 Å². The van der Waals surface area contributed by atoms with Crippen LogP contribution in [0.5, 0.6) is 0 Å². The Morgan fingerprint density at radius 1 is 0.909 bits per heavy atom. The molecule has 0 fully saturated rings. The molecule has 0 aliphatic rings. The van der Waals surface area contributed by atoms with Gasteiger partial charge in [-0.15, -0.1) is 0 Å². The Kier molecular flexibility index (Phi) is 3.36. The highest BCUT2D eigenvalue weighted by molar-refractivity contribution is 5.77. The van der Waals surface area contributed by atoms with Crippen LogP contribution in [0.15, 0.2) is 59.5 Å². The molecule has 6 heteroatoms. The van der Waals surface area contributed by atoms with Crippen molar-refractivity contribution >= 4 is 10.9 Å². The minimum Gasteiger partial charge on any atom is -0.265 e. The van der Waals surface area contributed by atoms with Crippen LogP contribution in [0, 0.1) is 0 Å². The minimum absolute atomic E-state index is 0.0184. The second kappa shape index (κ2) is 5.22. The van der Waals surface area contributed by atoms with Crippen LogP contribution in [-0.4, -0.2) is 9.97 Å².